The number of anilines is 1. The molecule has 1 spiro atoms. The quantitative estimate of drug-likeness (QED) is 0.795. The van der Waals surface area contributed by atoms with E-state index >= 15 is 0 Å². The Balaban J connectivity index is 0.000000960. The van der Waals surface area contributed by atoms with Crippen LogP contribution in [0.3, 0.4) is 0 Å². The van der Waals surface area contributed by atoms with Crippen LogP contribution in [0, 0.1) is 0 Å². The smallest absolute Gasteiger partial charge is 0.161 e. The molecule has 1 N–H and O–H groups in total. The molecule has 0 amide bonds. The Bertz CT molecular complexity index is 664. The summed E-state index contributed by atoms with van der Waals surface area (Å²) in [6.45, 7) is 1.56. The van der Waals surface area contributed by atoms with Crippen molar-refractivity contribution in [3.05, 3.63) is 36.3 Å². The molecule has 4 rings (SSSR count). The Kier molecular flexibility index (Phi) is 5.39. The number of rotatable bonds is 1. The van der Waals surface area contributed by atoms with Gasteiger partial charge in [-0.2, -0.15) is 5.12 Å². The van der Waals surface area contributed by atoms with Gasteiger partial charge in [0, 0.05) is 30.7 Å². The first kappa shape index (κ1) is 17.8. The van der Waals surface area contributed by atoms with Gasteiger partial charge in [-0.1, -0.05) is 4.48 Å². The largest absolute Gasteiger partial charge is 0.314 e. The maximum atomic E-state index is 14.8. The average molecular weight is 358 g/mol. The summed E-state index contributed by atoms with van der Waals surface area (Å²) in [4.78, 5) is 12.8. The van der Waals surface area contributed by atoms with E-state index in [1.807, 2.05) is 6.07 Å². The predicted molar refractivity (Wildman–Crippen MR) is 91.9 cm³/mol. The van der Waals surface area contributed by atoms with Gasteiger partial charge in [-0.05, 0) is 43.5 Å². The van der Waals surface area contributed by atoms with Crippen LogP contribution < -0.4 is 10.4 Å². The molecule has 0 saturated carbocycles. The number of aromatic nitrogens is 3. The minimum Gasteiger partial charge on any atom is -0.314 e. The van der Waals surface area contributed by atoms with Gasteiger partial charge in [0.1, 0.15) is 0 Å². The highest BCUT2D eigenvalue weighted by atomic mass is 35.5. The lowest BCUT2D eigenvalue weighted by atomic mass is 9.86. The van der Waals surface area contributed by atoms with Crippen molar-refractivity contribution in [2.45, 2.75) is 24.8 Å². The highest BCUT2D eigenvalue weighted by Crippen LogP contribution is 2.40. The van der Waals surface area contributed by atoms with Gasteiger partial charge in [0.15, 0.2) is 11.6 Å². The molecule has 4 heterocycles. The number of hydrogen-bond donors (Lipinski definition) is 1. The molecule has 1 saturated heterocycles. The fraction of sp³-hybridized carbons (Fsp3) is 0.400. The lowest BCUT2D eigenvalue weighted by Gasteiger charge is -2.39. The van der Waals surface area contributed by atoms with Crippen molar-refractivity contribution in [2.75, 3.05) is 18.2 Å². The van der Waals surface area contributed by atoms with E-state index in [-0.39, 0.29) is 24.8 Å². The molecule has 0 radical (unpaired) electrons. The molecule has 1 unspecified atom stereocenters. The monoisotopic (exact) mass is 357 g/mol. The van der Waals surface area contributed by atoms with Crippen molar-refractivity contribution in [1.82, 2.24) is 20.3 Å². The van der Waals surface area contributed by atoms with Crippen molar-refractivity contribution in [2.24, 2.45) is 0 Å². The molecule has 2 aliphatic heterocycles. The Morgan fingerprint density at radius 2 is 1.91 bits per heavy atom. The minimum atomic E-state index is -0.412. The first-order valence-electron chi connectivity index (χ1n) is 7.22. The van der Waals surface area contributed by atoms with Gasteiger partial charge < -0.3 is 5.32 Å². The van der Waals surface area contributed by atoms with Gasteiger partial charge in [-0.25, -0.2) is 15.0 Å². The van der Waals surface area contributed by atoms with Gasteiger partial charge in [0.2, 0.25) is 0 Å². The topological polar surface area (TPSA) is 53.9 Å². The van der Waals surface area contributed by atoms with Crippen molar-refractivity contribution in [1.29, 1.82) is 0 Å². The Morgan fingerprint density at radius 1 is 1.13 bits per heavy atom. The second-order valence-corrected chi connectivity index (χ2v) is 5.71. The highest BCUT2D eigenvalue weighted by molar-refractivity contribution is 5.85. The molecule has 5 nitrogen and oxygen atoms in total. The summed E-state index contributed by atoms with van der Waals surface area (Å²) in [6.07, 6.45) is 7.52. The lowest BCUT2D eigenvalue weighted by Crippen LogP contribution is -2.49. The van der Waals surface area contributed by atoms with E-state index < -0.39 is 5.54 Å². The summed E-state index contributed by atoms with van der Waals surface area (Å²) in [5.74, 6) is 1.07. The summed E-state index contributed by atoms with van der Waals surface area (Å²) in [6, 6.07) is 3.73. The van der Waals surface area contributed by atoms with Crippen LogP contribution in [0.25, 0.3) is 11.4 Å². The number of nitrogens with zero attached hydrogens (tertiary/aromatic N) is 4. The fourth-order valence-corrected chi connectivity index (χ4v) is 3.24. The van der Waals surface area contributed by atoms with E-state index in [0.717, 1.165) is 42.1 Å². The van der Waals surface area contributed by atoms with Gasteiger partial charge in [-0.3, -0.25) is 0 Å². The lowest BCUT2D eigenvalue weighted by molar-refractivity contribution is 0.242. The van der Waals surface area contributed by atoms with Crippen LogP contribution in [-0.4, -0.2) is 33.6 Å². The van der Waals surface area contributed by atoms with Gasteiger partial charge in [-0.15, -0.1) is 24.8 Å². The molecular weight excluding hydrogens is 340 g/mol. The number of pyridine rings is 1. The summed E-state index contributed by atoms with van der Waals surface area (Å²) in [5, 5.41) is 4.13. The zero-order valence-electron chi connectivity index (χ0n) is 12.4. The van der Waals surface area contributed by atoms with Crippen LogP contribution in [0.5, 0.6) is 0 Å². The maximum Gasteiger partial charge on any atom is 0.161 e. The fourth-order valence-electron chi connectivity index (χ4n) is 3.24. The predicted octanol–water partition coefficient (Wildman–Crippen LogP) is 2.75. The molecule has 1 atom stereocenters. The van der Waals surface area contributed by atoms with Crippen molar-refractivity contribution in [3.63, 3.8) is 0 Å². The normalized spacial score (nSPS) is 22.2. The van der Waals surface area contributed by atoms with E-state index in [2.05, 4.69) is 20.3 Å². The van der Waals surface area contributed by atoms with Crippen LogP contribution in [0.1, 0.15) is 18.4 Å². The Labute approximate surface area is 146 Å². The van der Waals surface area contributed by atoms with Crippen LogP contribution in [0.4, 0.5) is 10.3 Å². The standard InChI is InChI=1S/C15H16FN5.2ClH/c16-21-14-11(2-3-15(21)4-7-17-10-15)8-12(9-20-14)13-18-5-1-6-19-13;;/h1,5-6,8-9,17H,2-4,7,10H2;2*1H. The molecule has 8 heteroatoms. The number of aryl methyl sites for hydroxylation is 1. The third kappa shape index (κ3) is 2.98. The Morgan fingerprint density at radius 3 is 2.61 bits per heavy atom. The summed E-state index contributed by atoms with van der Waals surface area (Å²) in [7, 11) is 0. The zero-order valence-corrected chi connectivity index (χ0v) is 14.0. The third-order valence-electron chi connectivity index (χ3n) is 4.45. The molecular formula is C15H18Cl2FN5. The highest BCUT2D eigenvalue weighted by Gasteiger charge is 2.44. The van der Waals surface area contributed by atoms with Crippen molar-refractivity contribution < 1.29 is 4.48 Å². The molecule has 124 valence electrons. The number of nitrogens with one attached hydrogen (secondary N) is 1. The van der Waals surface area contributed by atoms with Gasteiger partial charge >= 0.3 is 0 Å². The van der Waals surface area contributed by atoms with Gasteiger partial charge in [0.05, 0.1) is 5.54 Å². The van der Waals surface area contributed by atoms with Crippen LogP contribution in [0.15, 0.2) is 30.7 Å². The summed E-state index contributed by atoms with van der Waals surface area (Å²) < 4.78 is 14.8. The first-order chi connectivity index (χ1) is 10.3. The number of halogens is 3. The summed E-state index contributed by atoms with van der Waals surface area (Å²) >= 11 is 0. The zero-order chi connectivity index (χ0) is 14.3. The summed E-state index contributed by atoms with van der Waals surface area (Å²) in [5.41, 5.74) is 1.35. The third-order valence-corrected chi connectivity index (χ3v) is 4.45. The second-order valence-electron chi connectivity index (χ2n) is 5.71. The van der Waals surface area contributed by atoms with E-state index in [4.69, 9.17) is 0 Å². The number of fused-ring (bicyclic) bond motifs is 1. The Hall–Kier alpha value is -1.50. The second kappa shape index (κ2) is 6.95. The molecule has 0 bridgehead atoms. The maximum absolute atomic E-state index is 14.8. The molecule has 2 aliphatic rings. The minimum absolute atomic E-state index is 0. The average Bonchev–Trinajstić information content (AvgIpc) is 3.02. The molecule has 1 fully saturated rings. The molecule has 0 aromatic carbocycles. The number of hydrogen-bond acceptors (Lipinski definition) is 5. The van der Waals surface area contributed by atoms with Crippen molar-refractivity contribution >= 4 is 30.6 Å². The van der Waals surface area contributed by atoms with Crippen LogP contribution >= 0.6 is 24.8 Å². The molecule has 23 heavy (non-hydrogen) atoms. The molecule has 2 aromatic heterocycles. The van der Waals surface area contributed by atoms with Crippen LogP contribution in [-0.2, 0) is 6.42 Å². The molecule has 2 aromatic rings. The van der Waals surface area contributed by atoms with E-state index in [9.17, 15) is 4.48 Å². The van der Waals surface area contributed by atoms with E-state index in [1.54, 1.807) is 24.7 Å². The van der Waals surface area contributed by atoms with Crippen molar-refractivity contribution in [3.8, 4) is 11.4 Å². The van der Waals surface area contributed by atoms with E-state index in [0.29, 0.717) is 18.2 Å². The molecule has 0 aliphatic carbocycles. The first-order valence-corrected chi connectivity index (χ1v) is 7.22. The van der Waals surface area contributed by atoms with E-state index in [1.165, 1.54) is 0 Å². The van der Waals surface area contributed by atoms with Gasteiger partial charge in [0.25, 0.3) is 0 Å². The SMILES string of the molecule is Cl.Cl.FN1c2ncc(-c3ncccn3)cc2CCC12CCNC2. The van der Waals surface area contributed by atoms with Crippen LogP contribution in [0.2, 0.25) is 0 Å².